The predicted octanol–water partition coefficient (Wildman–Crippen LogP) is 1.86. The minimum absolute atomic E-state index is 0.0733. The van der Waals surface area contributed by atoms with Crippen LogP contribution in [0.1, 0.15) is 39.0 Å². The third-order valence-electron chi connectivity index (χ3n) is 5.89. The van der Waals surface area contributed by atoms with E-state index in [2.05, 4.69) is 11.7 Å². The van der Waals surface area contributed by atoms with Crippen molar-refractivity contribution in [3.8, 4) is 0 Å². The van der Waals surface area contributed by atoms with E-state index in [1.54, 1.807) is 0 Å². The van der Waals surface area contributed by atoms with Crippen molar-refractivity contribution in [2.24, 2.45) is 0 Å². The number of rotatable bonds is 40. The first-order chi connectivity index (χ1) is 23.2. The van der Waals surface area contributed by atoms with Gasteiger partial charge < -0.3 is 61.6 Å². The first-order valence-corrected chi connectivity index (χ1v) is 16.8. The fourth-order valence-corrected chi connectivity index (χ4v) is 3.40. The Morgan fingerprint density at radius 3 is 0.957 bits per heavy atom. The maximum atomic E-state index is 11.5. The van der Waals surface area contributed by atoms with E-state index >= 15 is 0 Å². The summed E-state index contributed by atoms with van der Waals surface area (Å²) in [4.78, 5) is 22.4. The highest BCUT2D eigenvalue weighted by molar-refractivity contribution is 5.70. The van der Waals surface area contributed by atoms with Crippen LogP contribution in [0.5, 0.6) is 0 Å². The molecule has 0 aliphatic carbocycles. The number of methoxy groups -OCH3 is 1. The smallest absolute Gasteiger partial charge is 0.331 e. The molecule has 0 aromatic carbocycles. The van der Waals surface area contributed by atoms with Gasteiger partial charge in [0.05, 0.1) is 146 Å². The molecule has 0 radical (unpaired) electrons. The Kier molecular flexibility index (Phi) is 39.4. The van der Waals surface area contributed by atoms with E-state index in [9.17, 15) is 9.59 Å². The Morgan fingerprint density at radius 1 is 0.362 bits per heavy atom. The molecule has 280 valence electrons. The van der Waals surface area contributed by atoms with Crippen LogP contribution in [0, 0.1) is 0 Å². The average molecular weight is 687 g/mol. The van der Waals surface area contributed by atoms with Gasteiger partial charge in [-0.3, -0.25) is 4.79 Å². The monoisotopic (exact) mass is 686 g/mol. The maximum absolute atomic E-state index is 11.5. The van der Waals surface area contributed by atoms with Crippen LogP contribution in [0.25, 0.3) is 0 Å². The topological polar surface area (TPSA) is 154 Å². The highest BCUT2D eigenvalue weighted by Crippen LogP contribution is 2.03. The summed E-state index contributed by atoms with van der Waals surface area (Å²) in [5, 5.41) is 0. The van der Waals surface area contributed by atoms with E-state index in [4.69, 9.17) is 56.8 Å². The van der Waals surface area contributed by atoms with Gasteiger partial charge in [-0.2, -0.15) is 0 Å². The molecule has 0 rings (SSSR count). The van der Waals surface area contributed by atoms with Gasteiger partial charge in [0.1, 0.15) is 13.2 Å². The number of hydrogen-bond donors (Lipinski definition) is 0. The van der Waals surface area contributed by atoms with E-state index in [1.165, 1.54) is 7.11 Å². The molecule has 0 aromatic heterocycles. The Bertz CT molecular complexity index is 642. The number of unbranched alkanes of at least 4 members (excludes halogenated alkanes) is 3. The number of hydrogen-bond acceptors (Lipinski definition) is 15. The third-order valence-corrected chi connectivity index (χ3v) is 5.89. The molecule has 0 aliphatic heterocycles. The SMILES string of the molecule is CCCCCCC(=O)OCCOCCOCCOCCOCCOCCOCCOCCOCCOCCOCCOCC(=O)OC. The number of carbonyl (C=O) groups is 2. The average Bonchev–Trinajstić information content (AvgIpc) is 3.08. The lowest BCUT2D eigenvalue weighted by atomic mass is 10.2. The minimum atomic E-state index is -0.410. The molecule has 47 heavy (non-hydrogen) atoms. The second kappa shape index (κ2) is 40.7. The molecule has 0 fully saturated rings. The van der Waals surface area contributed by atoms with Gasteiger partial charge in [0.2, 0.25) is 0 Å². The zero-order chi connectivity index (χ0) is 34.1. The Labute approximate surface area is 281 Å². The van der Waals surface area contributed by atoms with Crippen LogP contribution in [0.15, 0.2) is 0 Å². The fourth-order valence-electron chi connectivity index (χ4n) is 3.40. The predicted molar refractivity (Wildman–Crippen MR) is 171 cm³/mol. The molecule has 0 aliphatic rings. The number of ether oxygens (including phenoxy) is 13. The number of esters is 2. The van der Waals surface area contributed by atoms with Crippen LogP contribution in [0.4, 0.5) is 0 Å². The van der Waals surface area contributed by atoms with Crippen molar-refractivity contribution in [1.82, 2.24) is 0 Å². The summed E-state index contributed by atoms with van der Waals surface area (Å²) in [7, 11) is 1.31. The van der Waals surface area contributed by atoms with Gasteiger partial charge in [-0.1, -0.05) is 26.2 Å². The lowest BCUT2D eigenvalue weighted by molar-refractivity contribution is -0.146. The van der Waals surface area contributed by atoms with Crippen molar-refractivity contribution in [3.63, 3.8) is 0 Å². The molecule has 0 bridgehead atoms. The van der Waals surface area contributed by atoms with E-state index in [-0.39, 0.29) is 19.2 Å². The summed E-state index contributed by atoms with van der Waals surface area (Å²) in [6.07, 6.45) is 4.74. The minimum Gasteiger partial charge on any atom is -0.467 e. The molecule has 15 heteroatoms. The van der Waals surface area contributed by atoms with Crippen LogP contribution in [0.2, 0.25) is 0 Å². The summed E-state index contributed by atoms with van der Waals surface area (Å²) >= 11 is 0. The van der Waals surface area contributed by atoms with Gasteiger partial charge in [-0.15, -0.1) is 0 Å². The van der Waals surface area contributed by atoms with Crippen LogP contribution in [-0.4, -0.2) is 171 Å². The lowest BCUT2D eigenvalue weighted by Crippen LogP contribution is -2.16. The van der Waals surface area contributed by atoms with Crippen molar-refractivity contribution in [2.75, 3.05) is 159 Å². The second-order valence-electron chi connectivity index (χ2n) is 9.78. The van der Waals surface area contributed by atoms with Crippen molar-refractivity contribution in [3.05, 3.63) is 0 Å². The molecule has 0 saturated heterocycles. The summed E-state index contributed by atoms with van der Waals surface area (Å²) < 4.78 is 68.9. The lowest BCUT2D eigenvalue weighted by Gasteiger charge is -2.09. The van der Waals surface area contributed by atoms with Gasteiger partial charge in [0, 0.05) is 6.42 Å². The standard InChI is InChI=1S/C32H62O15/c1-3-4-5-6-7-31(33)47-29-28-45-25-24-43-21-20-41-17-16-39-13-12-37-9-8-36-10-11-38-14-15-40-18-19-42-22-23-44-26-27-46-30-32(34)35-2/h3-30H2,1-2H3. The van der Waals surface area contributed by atoms with E-state index in [0.717, 1.165) is 25.7 Å². The van der Waals surface area contributed by atoms with Crippen LogP contribution in [0.3, 0.4) is 0 Å². The highest BCUT2D eigenvalue weighted by atomic mass is 16.6. The number of carbonyl (C=O) groups excluding carboxylic acids is 2. The zero-order valence-electron chi connectivity index (χ0n) is 28.9. The van der Waals surface area contributed by atoms with Gasteiger partial charge in [0.15, 0.2) is 0 Å². The second-order valence-corrected chi connectivity index (χ2v) is 9.78. The largest absolute Gasteiger partial charge is 0.467 e. The van der Waals surface area contributed by atoms with Crippen LogP contribution in [-0.2, 0) is 71.2 Å². The summed E-state index contributed by atoms with van der Waals surface area (Å²) in [6, 6.07) is 0. The fraction of sp³-hybridized carbons (Fsp3) is 0.938. The first-order valence-electron chi connectivity index (χ1n) is 16.8. The van der Waals surface area contributed by atoms with E-state index in [1.807, 2.05) is 0 Å². The van der Waals surface area contributed by atoms with Gasteiger partial charge in [0.25, 0.3) is 0 Å². The first kappa shape index (κ1) is 45.5. The van der Waals surface area contributed by atoms with Gasteiger partial charge in [-0.25, -0.2) is 4.79 Å². The molecule has 0 atom stereocenters. The van der Waals surface area contributed by atoms with Crippen LogP contribution >= 0.6 is 0 Å². The molecule has 0 spiro atoms. The molecular weight excluding hydrogens is 624 g/mol. The third kappa shape index (κ3) is 40.6. The molecule has 0 unspecified atom stereocenters. The summed E-state index contributed by atoms with van der Waals surface area (Å²) in [5.41, 5.74) is 0. The molecule has 0 heterocycles. The quantitative estimate of drug-likeness (QED) is 0.0680. The molecule has 0 amide bonds. The Balaban J connectivity index is 3.09. The molecular formula is C32H62O15. The maximum Gasteiger partial charge on any atom is 0.331 e. The van der Waals surface area contributed by atoms with E-state index in [0.29, 0.717) is 145 Å². The van der Waals surface area contributed by atoms with Crippen molar-refractivity contribution < 1.29 is 71.2 Å². The molecule has 15 nitrogen and oxygen atoms in total. The van der Waals surface area contributed by atoms with Crippen molar-refractivity contribution in [1.29, 1.82) is 0 Å². The Hall–Kier alpha value is -1.50. The molecule has 0 saturated carbocycles. The van der Waals surface area contributed by atoms with Gasteiger partial charge in [-0.05, 0) is 6.42 Å². The Morgan fingerprint density at radius 2 is 0.660 bits per heavy atom. The van der Waals surface area contributed by atoms with Crippen LogP contribution < -0.4 is 0 Å². The van der Waals surface area contributed by atoms with Crippen molar-refractivity contribution in [2.45, 2.75) is 39.0 Å². The van der Waals surface area contributed by atoms with E-state index < -0.39 is 5.97 Å². The normalized spacial score (nSPS) is 11.3. The molecule has 0 N–H and O–H groups in total. The van der Waals surface area contributed by atoms with Crippen molar-refractivity contribution >= 4 is 11.9 Å². The van der Waals surface area contributed by atoms with Gasteiger partial charge >= 0.3 is 11.9 Å². The highest BCUT2D eigenvalue weighted by Gasteiger charge is 2.02. The zero-order valence-corrected chi connectivity index (χ0v) is 28.9. The summed E-state index contributed by atoms with van der Waals surface area (Å²) in [5.74, 6) is -0.567. The molecule has 0 aromatic rings. The summed E-state index contributed by atoms with van der Waals surface area (Å²) in [6.45, 7) is 12.0.